The molecule has 0 heterocycles. The highest BCUT2D eigenvalue weighted by atomic mass is 16.4. The normalized spacial score (nSPS) is 14.2. The third-order valence-corrected chi connectivity index (χ3v) is 1.23. The van der Waals surface area contributed by atoms with Crippen LogP contribution in [0.2, 0.25) is 0 Å². The second-order valence-corrected chi connectivity index (χ2v) is 2.38. The third-order valence-electron chi connectivity index (χ3n) is 1.23. The van der Waals surface area contributed by atoms with E-state index in [2.05, 4.69) is 20.4 Å². The molecule has 0 rings (SSSR count). The number of carboxylic acid groups (broad SMARTS) is 3. The van der Waals surface area contributed by atoms with E-state index >= 15 is 0 Å². The van der Waals surface area contributed by atoms with Crippen molar-refractivity contribution in [1.29, 1.82) is 5.72 Å². The zero-order valence-corrected chi connectivity index (χ0v) is 6.27. The fourth-order valence-electron chi connectivity index (χ4n) is 0.673. The Morgan fingerprint density at radius 3 is 1.92 bits per heavy atom. The molecule has 0 radical (unpaired) electrons. The molecule has 0 aromatic carbocycles. The second kappa shape index (κ2) is 3.85. The number of hydrogen-bond donors (Lipinski definition) is 4. The van der Waals surface area contributed by atoms with E-state index in [-0.39, 0.29) is 0 Å². The fourth-order valence-corrected chi connectivity index (χ4v) is 0.673. The van der Waals surface area contributed by atoms with Crippen molar-refractivity contribution >= 4 is 17.9 Å². The topological polar surface area (TPSA) is 132 Å². The molecule has 0 atom stereocenters. The minimum Gasteiger partial charge on any atom is -0.481 e. The smallest absolute Gasteiger partial charge is 0.336 e. The van der Waals surface area contributed by atoms with Gasteiger partial charge in [0.05, 0.1) is 12.8 Å². The van der Waals surface area contributed by atoms with Gasteiger partial charge in [-0.15, -0.1) is 0 Å². The molecule has 7 nitrogen and oxygen atoms in total. The van der Waals surface area contributed by atoms with Crippen LogP contribution in [0.3, 0.4) is 0 Å². The zero-order chi connectivity index (χ0) is 13.5. The quantitative estimate of drug-likeness (QED) is 0.417. The van der Waals surface area contributed by atoms with Crippen LogP contribution < -0.4 is 0 Å². The van der Waals surface area contributed by atoms with E-state index in [1.54, 1.807) is 0 Å². The lowest BCUT2D eigenvalue weighted by Crippen LogP contribution is -2.42. The first kappa shape index (κ1) is 5.92. The van der Waals surface area contributed by atoms with E-state index < -0.39 is 36.4 Å². The van der Waals surface area contributed by atoms with Crippen LogP contribution in [0.25, 0.3) is 4.29 Å². The van der Waals surface area contributed by atoms with E-state index in [1.807, 2.05) is 0 Å². The van der Waals surface area contributed by atoms with Gasteiger partial charge in [0.25, 0.3) is 4.29 Å². The van der Waals surface area contributed by atoms with Crippen molar-refractivity contribution in [2.45, 2.75) is 18.4 Å². The summed E-state index contributed by atoms with van der Waals surface area (Å²) < 4.78 is 25.6. The first-order valence-electron chi connectivity index (χ1n) is 4.73. The molecule has 4 N–H and O–H groups in total. The van der Waals surface area contributed by atoms with Gasteiger partial charge in [0.15, 0.2) is 5.60 Å². The summed E-state index contributed by atoms with van der Waals surface area (Å²) in [5.41, 5.74) is -2.47. The van der Waals surface area contributed by atoms with Crippen molar-refractivity contribution < 1.29 is 34.8 Å². The van der Waals surface area contributed by atoms with Gasteiger partial charge in [-0.2, -0.15) is 0 Å². The molecular weight excluding hydrogens is 184 g/mol. The number of hydrogen-bond acceptors (Lipinski definition) is 7. The van der Waals surface area contributed by atoms with Gasteiger partial charge in [-0.3, -0.25) is 9.59 Å². The maximum Gasteiger partial charge on any atom is 0.336 e. The van der Waals surface area contributed by atoms with Gasteiger partial charge in [-0.25, -0.2) is 4.79 Å². The first-order valence-corrected chi connectivity index (χ1v) is 3.09. The van der Waals surface area contributed by atoms with Gasteiger partial charge < -0.3 is 20.4 Å². The summed E-state index contributed by atoms with van der Waals surface area (Å²) in [7, 11) is 0. The van der Waals surface area contributed by atoms with E-state index in [4.69, 9.17) is 5.72 Å². The molecule has 0 saturated heterocycles. The summed E-state index contributed by atoms with van der Waals surface area (Å²) in [6.07, 6.45) is -2.01. The summed E-state index contributed by atoms with van der Waals surface area (Å²) in [4.78, 5) is 32.8. The fraction of sp³-hybridized carbons (Fsp3) is 0.500. The van der Waals surface area contributed by atoms with Gasteiger partial charge >= 0.3 is 17.9 Å². The minimum absolute atomic E-state index is 1.01. The highest BCUT2D eigenvalue weighted by Gasteiger charge is 2.40. The van der Waals surface area contributed by atoms with Crippen molar-refractivity contribution in [2.24, 2.45) is 0 Å². The molecule has 0 aliphatic carbocycles. The highest BCUT2D eigenvalue weighted by Crippen LogP contribution is 2.15. The predicted molar refractivity (Wildman–Crippen MR) is 37.1 cm³/mol. The Labute approximate surface area is 78.2 Å². The number of aliphatic carboxylic acids is 3. The summed E-state index contributed by atoms with van der Waals surface area (Å²) >= 11 is 0. The Morgan fingerprint density at radius 2 is 1.62 bits per heavy atom. The summed E-state index contributed by atoms with van der Waals surface area (Å²) in [5.74, 6) is -4.11. The van der Waals surface area contributed by atoms with Gasteiger partial charge in [-0.1, -0.05) is 0 Å². The van der Waals surface area contributed by atoms with Crippen molar-refractivity contribution in [2.75, 3.05) is 0 Å². The van der Waals surface area contributed by atoms with Gasteiger partial charge in [0, 0.05) is 0 Å². The highest BCUT2D eigenvalue weighted by molar-refractivity contribution is 5.88. The monoisotopic (exact) mass is 196 g/mol. The van der Waals surface area contributed by atoms with Gasteiger partial charge in [-0.05, 0) is 0 Å². The van der Waals surface area contributed by atoms with Crippen LogP contribution in [0, 0.1) is 0 Å². The molecular formula is C6H8O7. The number of rotatable bonds is 6. The molecule has 0 aromatic rings. The van der Waals surface area contributed by atoms with Crippen LogP contribution in [-0.2, 0) is 14.4 Å². The molecule has 0 fully saturated rings. The van der Waals surface area contributed by atoms with Crippen LogP contribution in [0.5, 0.6) is 0 Å². The van der Waals surface area contributed by atoms with Crippen molar-refractivity contribution in [3.8, 4) is 0 Å². The number of carbonyl (C=O) groups is 3. The average molecular weight is 196 g/mol. The van der Waals surface area contributed by atoms with E-state index in [0.29, 0.717) is 0 Å². The molecule has 0 aromatic heterocycles. The summed E-state index contributed by atoms with van der Waals surface area (Å²) in [6.45, 7) is 0. The van der Waals surface area contributed by atoms with Crippen molar-refractivity contribution in [3.63, 3.8) is 0 Å². The van der Waals surface area contributed by atoms with Crippen LogP contribution in [0.15, 0.2) is 0 Å². The number of aliphatic hydroxyl groups is 1. The maximum absolute atomic E-state index is 11.2. The largest absolute Gasteiger partial charge is 0.481 e. The SMILES string of the molecule is [2H]OC(=O)CC(CC(=O)O[2H])(O[2H])C(=O)O[2H]. The summed E-state index contributed by atoms with van der Waals surface area (Å²) in [5, 5.41) is 14.4. The van der Waals surface area contributed by atoms with Gasteiger partial charge in [0.2, 0.25) is 1.43 Å². The molecule has 0 bridgehead atoms. The molecule has 0 aliphatic rings. The molecule has 74 valence electrons. The lowest BCUT2D eigenvalue weighted by atomic mass is 9.96. The molecule has 0 amide bonds. The average Bonchev–Trinajstić information content (AvgIpc) is 2.36. The third kappa shape index (κ3) is 3.52. The van der Waals surface area contributed by atoms with E-state index in [0.717, 1.165) is 0 Å². The standard InChI is InChI=1S/C6H8O7/c7-3(8)1-6(13,5(11)12)2-4(9)10/h13H,1-2H2,(H,7,8)(H,9,10)(H,11,12)/i13D/hD3. The Morgan fingerprint density at radius 1 is 1.08 bits per heavy atom. The lowest BCUT2D eigenvalue weighted by Gasteiger charge is -2.18. The Kier molecular flexibility index (Phi) is 1.76. The zero-order valence-electron chi connectivity index (χ0n) is 10.3. The molecule has 13 heavy (non-hydrogen) atoms. The Balaban J connectivity index is 5.06. The molecule has 0 saturated carbocycles. The van der Waals surface area contributed by atoms with Gasteiger partial charge in [0.1, 0.15) is 0 Å². The Bertz CT molecular complexity index is 289. The van der Waals surface area contributed by atoms with Crippen molar-refractivity contribution in [1.82, 2.24) is 0 Å². The Hall–Kier alpha value is -1.63. The molecule has 0 aliphatic heterocycles. The molecule has 0 spiro atoms. The van der Waals surface area contributed by atoms with Crippen LogP contribution >= 0.6 is 0 Å². The maximum atomic E-state index is 11.2. The van der Waals surface area contributed by atoms with Crippen LogP contribution in [-0.4, -0.2) is 45.4 Å². The van der Waals surface area contributed by atoms with Crippen LogP contribution in [0.4, 0.5) is 0 Å². The van der Waals surface area contributed by atoms with Crippen molar-refractivity contribution in [3.05, 3.63) is 0 Å². The minimum atomic E-state index is -2.47. The lowest BCUT2D eigenvalue weighted by molar-refractivity contribution is -0.170. The molecule has 0 unspecified atom stereocenters. The summed E-state index contributed by atoms with van der Waals surface area (Å²) in [6, 6.07) is 0. The van der Waals surface area contributed by atoms with E-state index in [1.165, 1.54) is 0 Å². The van der Waals surface area contributed by atoms with Crippen LogP contribution in [0.1, 0.15) is 12.8 Å². The van der Waals surface area contributed by atoms with E-state index in [9.17, 15) is 14.4 Å². The second-order valence-electron chi connectivity index (χ2n) is 2.38. The molecule has 7 heteroatoms. The first-order chi connectivity index (χ1) is 7.95. The predicted octanol–water partition coefficient (Wildman–Crippen LogP) is -1.25. The number of carboxylic acids is 3.